The molecule has 0 saturated heterocycles. The van der Waals surface area contributed by atoms with Gasteiger partial charge in [0.15, 0.2) is 11.5 Å². The van der Waals surface area contributed by atoms with E-state index >= 15 is 0 Å². The predicted octanol–water partition coefficient (Wildman–Crippen LogP) is 4.44. The fraction of sp³-hybridized carbons (Fsp3) is 0.286. The zero-order chi connectivity index (χ0) is 19.6. The van der Waals surface area contributed by atoms with E-state index in [1.54, 1.807) is 26.2 Å². The summed E-state index contributed by atoms with van der Waals surface area (Å²) in [5, 5.41) is 2.73. The molecule has 0 spiro atoms. The summed E-state index contributed by atoms with van der Waals surface area (Å²) in [6.07, 6.45) is 2.63. The van der Waals surface area contributed by atoms with Gasteiger partial charge in [0.25, 0.3) is 0 Å². The van der Waals surface area contributed by atoms with Crippen molar-refractivity contribution in [2.75, 3.05) is 21.3 Å². The second kappa shape index (κ2) is 8.05. The third-order valence-corrected chi connectivity index (χ3v) is 5.29. The number of carbonyl (C=O) groups is 1. The monoisotopic (exact) mass is 430 g/mol. The van der Waals surface area contributed by atoms with E-state index in [0.29, 0.717) is 17.9 Å². The molecule has 2 aromatic carbocycles. The molecule has 27 heavy (non-hydrogen) atoms. The molecule has 0 unspecified atom stereocenters. The standard InChI is InChI=1S/C21H23BrN2O3/c1-13-9-15-10-19(26-3)20(27-4)11-17(15)18(12-24(13)21(25)23-2)14-5-7-16(22)8-6-14/h5-8,10-13H,9H2,1-4H3,(H,23,25)/t13-/m1/s1. The zero-order valence-electron chi connectivity index (χ0n) is 15.9. The van der Waals surface area contributed by atoms with Crippen molar-refractivity contribution < 1.29 is 14.3 Å². The van der Waals surface area contributed by atoms with E-state index in [9.17, 15) is 4.79 Å². The van der Waals surface area contributed by atoms with Crippen molar-refractivity contribution >= 4 is 27.5 Å². The highest BCUT2D eigenvalue weighted by Gasteiger charge is 2.26. The van der Waals surface area contributed by atoms with Crippen molar-refractivity contribution in [3.05, 3.63) is 63.8 Å². The lowest BCUT2D eigenvalue weighted by Crippen LogP contribution is -2.40. The Labute approximate surface area is 168 Å². The molecule has 1 aliphatic rings. The Hall–Kier alpha value is -2.47. The molecule has 2 aromatic rings. The van der Waals surface area contributed by atoms with Crippen LogP contribution in [0.2, 0.25) is 0 Å². The Bertz CT molecular complexity index is 878. The van der Waals surface area contributed by atoms with Crippen LogP contribution in [0.15, 0.2) is 47.1 Å². The third kappa shape index (κ3) is 3.81. The summed E-state index contributed by atoms with van der Waals surface area (Å²) in [7, 11) is 4.91. The lowest BCUT2D eigenvalue weighted by atomic mass is 9.92. The van der Waals surface area contributed by atoms with Gasteiger partial charge in [-0.25, -0.2) is 4.79 Å². The summed E-state index contributed by atoms with van der Waals surface area (Å²) < 4.78 is 12.0. The molecule has 5 nitrogen and oxygen atoms in total. The van der Waals surface area contributed by atoms with Crippen LogP contribution in [-0.4, -0.2) is 38.2 Å². The Morgan fingerprint density at radius 3 is 2.37 bits per heavy atom. The van der Waals surface area contributed by atoms with Gasteiger partial charge in [-0.05, 0) is 54.3 Å². The minimum absolute atomic E-state index is 0.00486. The molecule has 0 radical (unpaired) electrons. The largest absolute Gasteiger partial charge is 0.493 e. The quantitative estimate of drug-likeness (QED) is 0.782. The first-order valence-electron chi connectivity index (χ1n) is 8.71. The molecular weight excluding hydrogens is 408 g/mol. The summed E-state index contributed by atoms with van der Waals surface area (Å²) >= 11 is 3.48. The summed E-state index contributed by atoms with van der Waals surface area (Å²) in [5.41, 5.74) is 4.13. The Kier molecular flexibility index (Phi) is 5.75. The van der Waals surface area contributed by atoms with Gasteiger partial charge in [-0.15, -0.1) is 0 Å². The Balaban J connectivity index is 2.24. The third-order valence-electron chi connectivity index (χ3n) is 4.76. The summed E-state index contributed by atoms with van der Waals surface area (Å²) in [6.45, 7) is 2.04. The predicted molar refractivity (Wildman–Crippen MR) is 110 cm³/mol. The molecule has 0 bridgehead atoms. The minimum Gasteiger partial charge on any atom is -0.493 e. The van der Waals surface area contributed by atoms with E-state index < -0.39 is 0 Å². The number of hydrogen-bond donors (Lipinski definition) is 1. The van der Waals surface area contributed by atoms with E-state index in [2.05, 4.69) is 21.2 Å². The first-order chi connectivity index (χ1) is 13.0. The highest BCUT2D eigenvalue weighted by atomic mass is 79.9. The maximum absolute atomic E-state index is 12.5. The van der Waals surface area contributed by atoms with Gasteiger partial charge >= 0.3 is 6.03 Å². The Morgan fingerprint density at radius 1 is 1.15 bits per heavy atom. The second-order valence-electron chi connectivity index (χ2n) is 6.43. The fourth-order valence-electron chi connectivity index (χ4n) is 3.34. The molecule has 1 aliphatic heterocycles. The number of methoxy groups -OCH3 is 2. The SMILES string of the molecule is CNC(=O)N1C=C(c2ccc(Br)cc2)c2cc(OC)c(OC)cc2C[C@H]1C. The molecule has 6 heteroatoms. The van der Waals surface area contributed by atoms with Crippen LogP contribution in [0.25, 0.3) is 5.57 Å². The van der Waals surface area contributed by atoms with Crippen LogP contribution in [0.3, 0.4) is 0 Å². The average Bonchev–Trinajstić information content (AvgIpc) is 2.82. The van der Waals surface area contributed by atoms with Crippen molar-refractivity contribution in [1.29, 1.82) is 0 Å². The molecule has 0 fully saturated rings. The lowest BCUT2D eigenvalue weighted by Gasteiger charge is -2.24. The van der Waals surface area contributed by atoms with Crippen molar-refractivity contribution in [2.45, 2.75) is 19.4 Å². The molecule has 0 saturated carbocycles. The summed E-state index contributed by atoms with van der Waals surface area (Å²) in [5.74, 6) is 1.35. The van der Waals surface area contributed by atoms with Gasteiger partial charge in [0.2, 0.25) is 0 Å². The number of nitrogens with one attached hydrogen (secondary N) is 1. The normalized spacial score (nSPS) is 16.1. The number of nitrogens with zero attached hydrogens (tertiary/aromatic N) is 1. The van der Waals surface area contributed by atoms with Crippen LogP contribution in [-0.2, 0) is 6.42 Å². The maximum Gasteiger partial charge on any atom is 0.321 e. The van der Waals surface area contributed by atoms with Crippen LogP contribution < -0.4 is 14.8 Å². The van der Waals surface area contributed by atoms with Crippen LogP contribution in [0.4, 0.5) is 4.79 Å². The molecule has 0 aromatic heterocycles. The number of urea groups is 1. The van der Waals surface area contributed by atoms with Gasteiger partial charge in [-0.2, -0.15) is 0 Å². The number of fused-ring (bicyclic) bond motifs is 1. The van der Waals surface area contributed by atoms with Gasteiger partial charge < -0.3 is 14.8 Å². The van der Waals surface area contributed by atoms with Crippen molar-refractivity contribution in [2.24, 2.45) is 0 Å². The summed E-state index contributed by atoms with van der Waals surface area (Å²) in [6, 6.07) is 11.9. The molecule has 1 atom stereocenters. The number of benzene rings is 2. The highest BCUT2D eigenvalue weighted by Crippen LogP contribution is 2.39. The number of amides is 2. The van der Waals surface area contributed by atoms with Crippen LogP contribution in [0.5, 0.6) is 11.5 Å². The molecular formula is C21H23BrN2O3. The first-order valence-corrected chi connectivity index (χ1v) is 9.50. The number of carbonyl (C=O) groups excluding carboxylic acids is 1. The fourth-order valence-corrected chi connectivity index (χ4v) is 3.60. The van der Waals surface area contributed by atoms with Crippen LogP contribution in [0, 0.1) is 0 Å². The van der Waals surface area contributed by atoms with Crippen molar-refractivity contribution in [3.63, 3.8) is 0 Å². The molecule has 142 valence electrons. The number of halogens is 1. The lowest BCUT2D eigenvalue weighted by molar-refractivity contribution is 0.205. The Morgan fingerprint density at radius 2 is 1.78 bits per heavy atom. The van der Waals surface area contributed by atoms with Gasteiger partial charge in [-0.1, -0.05) is 28.1 Å². The van der Waals surface area contributed by atoms with Gasteiger partial charge in [0.05, 0.1) is 14.2 Å². The molecule has 1 heterocycles. The van der Waals surface area contributed by atoms with E-state index in [1.165, 1.54) is 0 Å². The molecule has 0 aliphatic carbocycles. The maximum atomic E-state index is 12.5. The summed E-state index contributed by atoms with van der Waals surface area (Å²) in [4.78, 5) is 14.2. The average molecular weight is 431 g/mol. The van der Waals surface area contributed by atoms with Gasteiger partial charge in [-0.3, -0.25) is 4.90 Å². The number of hydrogen-bond acceptors (Lipinski definition) is 3. The second-order valence-corrected chi connectivity index (χ2v) is 7.35. The highest BCUT2D eigenvalue weighted by molar-refractivity contribution is 9.10. The number of ether oxygens (including phenoxy) is 2. The van der Waals surface area contributed by atoms with Gasteiger partial charge in [0, 0.05) is 29.3 Å². The van der Waals surface area contributed by atoms with E-state index in [0.717, 1.165) is 26.7 Å². The molecule has 1 N–H and O–H groups in total. The first kappa shape index (κ1) is 19.3. The zero-order valence-corrected chi connectivity index (χ0v) is 17.5. The van der Waals surface area contributed by atoms with E-state index in [4.69, 9.17) is 9.47 Å². The molecule has 3 rings (SSSR count). The van der Waals surface area contributed by atoms with Crippen molar-refractivity contribution in [1.82, 2.24) is 10.2 Å². The van der Waals surface area contributed by atoms with E-state index in [-0.39, 0.29) is 12.1 Å². The molecule has 2 amide bonds. The van der Waals surface area contributed by atoms with E-state index in [1.807, 2.05) is 49.5 Å². The smallest absolute Gasteiger partial charge is 0.321 e. The van der Waals surface area contributed by atoms with Gasteiger partial charge in [0.1, 0.15) is 0 Å². The van der Waals surface area contributed by atoms with Crippen LogP contribution in [0.1, 0.15) is 23.6 Å². The van der Waals surface area contributed by atoms with Crippen LogP contribution >= 0.6 is 15.9 Å². The minimum atomic E-state index is -0.135. The number of rotatable bonds is 3. The van der Waals surface area contributed by atoms with Crippen molar-refractivity contribution in [3.8, 4) is 11.5 Å². The topological polar surface area (TPSA) is 50.8 Å².